The van der Waals surface area contributed by atoms with Crippen molar-refractivity contribution < 1.29 is 13.7 Å². The first-order chi connectivity index (χ1) is 10.2. The minimum atomic E-state index is -0.317. The van der Waals surface area contributed by atoms with E-state index < -0.39 is 0 Å². The number of carbonyl (C=O) groups excluding carboxylic acids is 1. The number of likely N-dealkylation sites (tertiary alicyclic amines) is 1. The second kappa shape index (κ2) is 5.68. The van der Waals surface area contributed by atoms with Crippen LogP contribution >= 0.6 is 0 Å². The van der Waals surface area contributed by atoms with Gasteiger partial charge >= 0.3 is 0 Å². The van der Waals surface area contributed by atoms with E-state index in [1.165, 1.54) is 12.1 Å². The zero-order valence-electron chi connectivity index (χ0n) is 11.9. The Bertz CT molecular complexity index is 643. The van der Waals surface area contributed by atoms with Crippen molar-refractivity contribution in [3.8, 4) is 11.3 Å². The van der Waals surface area contributed by atoms with Gasteiger partial charge in [-0.05, 0) is 50.5 Å². The Morgan fingerprint density at radius 2 is 1.86 bits per heavy atom. The Morgan fingerprint density at radius 1 is 1.19 bits per heavy atom. The standard InChI is InChI=1S/C16H17FN2O2/c1-11-14(16(20)19-9-3-2-4-10-19)15(18-21-11)12-5-7-13(17)8-6-12/h5-8H,2-4,9-10H2,1H3. The average Bonchev–Trinajstić information content (AvgIpc) is 2.90. The summed E-state index contributed by atoms with van der Waals surface area (Å²) in [7, 11) is 0. The van der Waals surface area contributed by atoms with Crippen molar-refractivity contribution in [2.75, 3.05) is 13.1 Å². The number of piperidine rings is 1. The number of amides is 1. The van der Waals surface area contributed by atoms with E-state index in [4.69, 9.17) is 4.52 Å². The fourth-order valence-corrected chi connectivity index (χ4v) is 2.68. The predicted octanol–water partition coefficient (Wildman–Crippen LogP) is 3.42. The minimum absolute atomic E-state index is 0.0484. The smallest absolute Gasteiger partial charge is 0.259 e. The Hall–Kier alpha value is -2.17. The molecule has 1 aliphatic heterocycles. The summed E-state index contributed by atoms with van der Waals surface area (Å²) in [6, 6.07) is 5.93. The third kappa shape index (κ3) is 2.68. The van der Waals surface area contributed by atoms with Crippen molar-refractivity contribution in [1.82, 2.24) is 10.1 Å². The molecule has 0 aliphatic carbocycles. The van der Waals surface area contributed by atoms with Gasteiger partial charge < -0.3 is 9.42 Å². The first kappa shape index (κ1) is 13.8. The highest BCUT2D eigenvalue weighted by molar-refractivity contribution is 6.00. The summed E-state index contributed by atoms with van der Waals surface area (Å²) >= 11 is 0. The zero-order valence-corrected chi connectivity index (χ0v) is 11.9. The molecule has 2 aromatic rings. The SMILES string of the molecule is Cc1onc(-c2ccc(F)cc2)c1C(=O)N1CCCCC1. The van der Waals surface area contributed by atoms with Crippen LogP contribution in [0.25, 0.3) is 11.3 Å². The lowest BCUT2D eigenvalue weighted by atomic mass is 10.0. The van der Waals surface area contributed by atoms with Gasteiger partial charge in [-0.15, -0.1) is 0 Å². The van der Waals surface area contributed by atoms with E-state index in [0.717, 1.165) is 32.4 Å². The van der Waals surface area contributed by atoms with Crippen LogP contribution in [0.15, 0.2) is 28.8 Å². The molecule has 0 radical (unpaired) electrons. The van der Waals surface area contributed by atoms with E-state index in [-0.39, 0.29) is 11.7 Å². The quantitative estimate of drug-likeness (QED) is 0.850. The molecule has 110 valence electrons. The van der Waals surface area contributed by atoms with Crippen LogP contribution < -0.4 is 0 Å². The Balaban J connectivity index is 1.96. The van der Waals surface area contributed by atoms with Crippen LogP contribution in [0.2, 0.25) is 0 Å². The molecule has 0 saturated carbocycles. The molecule has 1 amide bonds. The highest BCUT2D eigenvalue weighted by atomic mass is 19.1. The summed E-state index contributed by atoms with van der Waals surface area (Å²) in [4.78, 5) is 14.5. The maximum Gasteiger partial charge on any atom is 0.259 e. The lowest BCUT2D eigenvalue weighted by Gasteiger charge is -2.26. The molecule has 0 unspecified atom stereocenters. The number of benzene rings is 1. The van der Waals surface area contributed by atoms with Crippen molar-refractivity contribution >= 4 is 5.91 Å². The molecule has 0 bridgehead atoms. The molecule has 1 aromatic heterocycles. The monoisotopic (exact) mass is 288 g/mol. The van der Waals surface area contributed by atoms with E-state index in [9.17, 15) is 9.18 Å². The molecule has 1 aromatic carbocycles. The second-order valence-corrected chi connectivity index (χ2v) is 5.32. The molecule has 5 heteroatoms. The van der Waals surface area contributed by atoms with Crippen LogP contribution in [0.4, 0.5) is 4.39 Å². The minimum Gasteiger partial charge on any atom is -0.360 e. The molecule has 0 spiro atoms. The van der Waals surface area contributed by atoms with Crippen molar-refractivity contribution in [1.29, 1.82) is 0 Å². The van der Waals surface area contributed by atoms with Gasteiger partial charge in [-0.25, -0.2) is 4.39 Å². The van der Waals surface area contributed by atoms with Gasteiger partial charge in [-0.2, -0.15) is 0 Å². The number of halogens is 1. The molecule has 0 atom stereocenters. The Labute approximate surface area is 122 Å². The van der Waals surface area contributed by atoms with Gasteiger partial charge in [0.15, 0.2) is 0 Å². The number of nitrogens with zero attached hydrogens (tertiary/aromatic N) is 2. The highest BCUT2D eigenvalue weighted by Gasteiger charge is 2.26. The third-order valence-electron chi connectivity index (χ3n) is 3.84. The molecule has 3 rings (SSSR count). The van der Waals surface area contributed by atoms with Crippen molar-refractivity contribution in [3.63, 3.8) is 0 Å². The van der Waals surface area contributed by atoms with Crippen LogP contribution in [0.5, 0.6) is 0 Å². The Kier molecular flexibility index (Phi) is 3.73. The van der Waals surface area contributed by atoms with Crippen LogP contribution in [0, 0.1) is 12.7 Å². The van der Waals surface area contributed by atoms with E-state index in [1.54, 1.807) is 19.1 Å². The number of aryl methyl sites for hydroxylation is 1. The first-order valence-corrected chi connectivity index (χ1v) is 7.18. The lowest BCUT2D eigenvalue weighted by molar-refractivity contribution is 0.0723. The van der Waals surface area contributed by atoms with Crippen LogP contribution in [-0.4, -0.2) is 29.1 Å². The summed E-state index contributed by atoms with van der Waals surface area (Å²) in [6.07, 6.45) is 3.22. The van der Waals surface area contributed by atoms with Crippen molar-refractivity contribution in [2.45, 2.75) is 26.2 Å². The Morgan fingerprint density at radius 3 is 2.52 bits per heavy atom. The normalized spacial score (nSPS) is 15.2. The summed E-state index contributed by atoms with van der Waals surface area (Å²) in [5.74, 6) is 0.139. The average molecular weight is 288 g/mol. The van der Waals surface area contributed by atoms with Gasteiger partial charge in [0.1, 0.15) is 22.8 Å². The topological polar surface area (TPSA) is 46.3 Å². The van der Waals surface area contributed by atoms with Crippen LogP contribution in [0.1, 0.15) is 35.4 Å². The summed E-state index contributed by atoms with van der Waals surface area (Å²) < 4.78 is 18.2. The molecular weight excluding hydrogens is 271 g/mol. The van der Waals surface area contributed by atoms with E-state index >= 15 is 0 Å². The molecule has 1 fully saturated rings. The fourth-order valence-electron chi connectivity index (χ4n) is 2.68. The van der Waals surface area contributed by atoms with Crippen LogP contribution in [-0.2, 0) is 0 Å². The van der Waals surface area contributed by atoms with Gasteiger partial charge in [0, 0.05) is 18.7 Å². The molecule has 1 saturated heterocycles. The lowest BCUT2D eigenvalue weighted by Crippen LogP contribution is -2.36. The molecule has 1 aliphatic rings. The maximum absolute atomic E-state index is 13.0. The number of hydrogen-bond donors (Lipinski definition) is 0. The summed E-state index contributed by atoms with van der Waals surface area (Å²) in [6.45, 7) is 3.27. The third-order valence-corrected chi connectivity index (χ3v) is 3.84. The second-order valence-electron chi connectivity index (χ2n) is 5.32. The number of carbonyl (C=O) groups is 1. The predicted molar refractivity (Wildman–Crippen MR) is 76.4 cm³/mol. The zero-order chi connectivity index (χ0) is 14.8. The van der Waals surface area contributed by atoms with Gasteiger partial charge in [-0.3, -0.25) is 4.79 Å². The molecule has 21 heavy (non-hydrogen) atoms. The van der Waals surface area contributed by atoms with Gasteiger partial charge in [0.05, 0.1) is 0 Å². The van der Waals surface area contributed by atoms with Crippen molar-refractivity contribution in [2.24, 2.45) is 0 Å². The number of rotatable bonds is 2. The summed E-state index contributed by atoms with van der Waals surface area (Å²) in [5.41, 5.74) is 1.67. The van der Waals surface area contributed by atoms with E-state index in [0.29, 0.717) is 22.6 Å². The van der Waals surface area contributed by atoms with Gasteiger partial charge in [-0.1, -0.05) is 5.16 Å². The highest BCUT2D eigenvalue weighted by Crippen LogP contribution is 2.27. The summed E-state index contributed by atoms with van der Waals surface area (Å²) in [5, 5.41) is 3.99. The maximum atomic E-state index is 13.0. The van der Waals surface area contributed by atoms with E-state index in [2.05, 4.69) is 5.16 Å². The van der Waals surface area contributed by atoms with Gasteiger partial charge in [0.2, 0.25) is 0 Å². The molecule has 0 N–H and O–H groups in total. The van der Waals surface area contributed by atoms with Crippen LogP contribution in [0.3, 0.4) is 0 Å². The fraction of sp³-hybridized carbons (Fsp3) is 0.375. The number of aromatic nitrogens is 1. The van der Waals surface area contributed by atoms with Crippen molar-refractivity contribution in [3.05, 3.63) is 41.4 Å². The first-order valence-electron chi connectivity index (χ1n) is 7.18. The molecular formula is C16H17FN2O2. The molecule has 4 nitrogen and oxygen atoms in total. The largest absolute Gasteiger partial charge is 0.360 e. The van der Waals surface area contributed by atoms with Gasteiger partial charge in [0.25, 0.3) is 5.91 Å². The molecule has 2 heterocycles. The number of hydrogen-bond acceptors (Lipinski definition) is 3. The van der Waals surface area contributed by atoms with E-state index in [1.807, 2.05) is 4.90 Å².